The van der Waals surface area contributed by atoms with Crippen molar-refractivity contribution in [2.24, 2.45) is 10.8 Å². The number of rotatable bonds is 21. The number of benzene rings is 3. The average molecular weight is 802 g/mol. The largest absolute Gasteiger partial charge is 0.507 e. The van der Waals surface area contributed by atoms with Crippen molar-refractivity contribution in [3.8, 4) is 57.2 Å². The summed E-state index contributed by atoms with van der Waals surface area (Å²) < 4.78 is 34.8. The lowest BCUT2D eigenvalue weighted by Gasteiger charge is -2.23. The fourth-order valence-electron chi connectivity index (χ4n) is 5.10. The molecule has 0 aliphatic rings. The topological polar surface area (TPSA) is 169 Å². The summed E-state index contributed by atoms with van der Waals surface area (Å²) in [5, 5.41) is 22.5. The summed E-state index contributed by atoms with van der Waals surface area (Å²) in [6, 6.07) is 18.7. The van der Waals surface area contributed by atoms with Gasteiger partial charge in [-0.1, -0.05) is 57.0 Å². The zero-order valence-corrected chi connectivity index (χ0v) is 35.1. The van der Waals surface area contributed by atoms with Gasteiger partial charge in [0.25, 0.3) is 0 Å². The lowest BCUT2D eigenvalue weighted by Crippen LogP contribution is -2.34. The monoisotopic (exact) mass is 801 g/mol. The fraction of sp³-hybridized carbons (Fsp3) is 0.489. The van der Waals surface area contributed by atoms with Crippen LogP contribution in [0.5, 0.6) is 23.0 Å². The molecule has 0 fully saturated rings. The lowest BCUT2D eigenvalue weighted by atomic mass is 9.97. The average Bonchev–Trinajstić information content (AvgIpc) is 3.18. The number of aromatic nitrogens is 3. The molecule has 3 aromatic carbocycles. The number of esters is 2. The van der Waals surface area contributed by atoms with Gasteiger partial charge in [-0.3, -0.25) is 9.59 Å². The van der Waals surface area contributed by atoms with Crippen molar-refractivity contribution in [2.75, 3.05) is 39.6 Å². The van der Waals surface area contributed by atoms with Crippen LogP contribution in [0, 0.1) is 10.8 Å². The zero-order chi connectivity index (χ0) is 42.3. The molecule has 0 saturated carbocycles. The highest BCUT2D eigenvalue weighted by atomic mass is 16.6. The van der Waals surface area contributed by atoms with Crippen LogP contribution in [0.1, 0.15) is 81.1 Å². The second-order valence-corrected chi connectivity index (χ2v) is 16.1. The van der Waals surface area contributed by atoms with Crippen LogP contribution in [0.15, 0.2) is 66.7 Å². The molecule has 2 N–H and O–H groups in total. The number of phenolic OH excluding ortho intramolecular Hbond substituents is 2. The van der Waals surface area contributed by atoms with Crippen LogP contribution in [0.4, 0.5) is 0 Å². The van der Waals surface area contributed by atoms with Gasteiger partial charge in [-0.05, 0) is 78.6 Å². The Labute approximate surface area is 342 Å². The Bertz CT molecular complexity index is 1810. The minimum atomic E-state index is -0.702. The molecule has 13 heteroatoms. The first kappa shape index (κ1) is 45.4. The molecule has 0 amide bonds. The van der Waals surface area contributed by atoms with Gasteiger partial charge in [0.2, 0.25) is 0 Å². The highest BCUT2D eigenvalue weighted by Crippen LogP contribution is 2.36. The van der Waals surface area contributed by atoms with Crippen LogP contribution in [0.3, 0.4) is 0 Å². The van der Waals surface area contributed by atoms with E-state index in [4.69, 9.17) is 28.4 Å². The third kappa shape index (κ3) is 14.0. The second kappa shape index (κ2) is 21.5. The number of carbonyl (C=O) groups excluding carboxylic acids is 2. The SMILES string of the molecule is CCCCOCC(COc1ccc(-c2nc(-c3ccccc3)nc(-c3ccc(OCC(COCCCC)OC(=O)C(C)(C)C)cc3O)n2)c(O)c1)OC(=O)C(C)(C)C. The number of hydrogen-bond acceptors (Lipinski definition) is 13. The highest BCUT2D eigenvalue weighted by Gasteiger charge is 2.28. The van der Waals surface area contributed by atoms with Gasteiger partial charge in [-0.15, -0.1) is 0 Å². The Morgan fingerprint density at radius 2 is 1.00 bits per heavy atom. The van der Waals surface area contributed by atoms with E-state index in [9.17, 15) is 19.8 Å². The second-order valence-electron chi connectivity index (χ2n) is 16.1. The first-order valence-corrected chi connectivity index (χ1v) is 19.9. The van der Waals surface area contributed by atoms with Crippen molar-refractivity contribution in [2.45, 2.75) is 93.3 Å². The Morgan fingerprint density at radius 3 is 1.38 bits per heavy atom. The van der Waals surface area contributed by atoms with Gasteiger partial charge < -0.3 is 38.6 Å². The third-order valence-electron chi connectivity index (χ3n) is 8.62. The van der Waals surface area contributed by atoms with Crippen LogP contribution in [0.2, 0.25) is 0 Å². The first-order chi connectivity index (χ1) is 27.6. The molecule has 2 unspecified atom stereocenters. The number of phenols is 2. The molecule has 1 heterocycles. The maximum Gasteiger partial charge on any atom is 0.311 e. The van der Waals surface area contributed by atoms with Crippen molar-refractivity contribution < 1.29 is 48.2 Å². The third-order valence-corrected chi connectivity index (χ3v) is 8.62. The van der Waals surface area contributed by atoms with Gasteiger partial charge in [-0.2, -0.15) is 0 Å². The molecular weight excluding hydrogens is 743 g/mol. The smallest absolute Gasteiger partial charge is 0.311 e. The molecule has 4 aromatic rings. The normalized spacial score (nSPS) is 12.8. The van der Waals surface area contributed by atoms with Gasteiger partial charge in [0.15, 0.2) is 29.7 Å². The van der Waals surface area contributed by atoms with Gasteiger partial charge in [0.05, 0.1) is 35.2 Å². The number of nitrogens with zero attached hydrogens (tertiary/aromatic N) is 3. The van der Waals surface area contributed by atoms with E-state index >= 15 is 0 Å². The summed E-state index contributed by atoms with van der Waals surface area (Å²) in [4.78, 5) is 39.3. The van der Waals surface area contributed by atoms with Crippen LogP contribution >= 0.6 is 0 Å². The summed E-state index contributed by atoms with van der Waals surface area (Å²) in [6.45, 7) is 16.2. The number of hydrogen-bond donors (Lipinski definition) is 2. The van der Waals surface area contributed by atoms with Crippen molar-refractivity contribution in [1.82, 2.24) is 15.0 Å². The Hall–Kier alpha value is -5.27. The number of unbranched alkanes of at least 4 members (excludes halogenated alkanes) is 2. The van der Waals surface area contributed by atoms with E-state index in [1.807, 2.05) is 30.3 Å². The van der Waals surface area contributed by atoms with Crippen molar-refractivity contribution in [1.29, 1.82) is 0 Å². The van der Waals surface area contributed by atoms with E-state index < -0.39 is 23.0 Å². The van der Waals surface area contributed by atoms with Gasteiger partial charge in [0, 0.05) is 30.9 Å². The van der Waals surface area contributed by atoms with Crippen molar-refractivity contribution >= 4 is 11.9 Å². The standard InChI is InChI=1S/C45H59N3O10/c1-9-11-22-53-26-33(57-42(51)44(3,4)5)28-55-31-18-20-35(37(49)24-31)40-46-39(30-16-14-13-15-17-30)47-41(48-40)36-21-19-32(25-38(36)50)56-29-34(27-54-23-12-10-2)58-43(52)45(6,7)8/h13-21,24-25,33-34,49-50H,9-12,22-23,26-29H2,1-8H3. The van der Waals surface area contributed by atoms with E-state index in [0.29, 0.717) is 47.2 Å². The molecule has 58 heavy (non-hydrogen) atoms. The summed E-state index contributed by atoms with van der Waals surface area (Å²) in [7, 11) is 0. The Kier molecular flexibility index (Phi) is 16.8. The molecule has 0 aliphatic heterocycles. The molecule has 13 nitrogen and oxygen atoms in total. The molecule has 0 bridgehead atoms. The molecule has 4 rings (SSSR count). The summed E-state index contributed by atoms with van der Waals surface area (Å²) in [5.74, 6) is 0.221. The van der Waals surface area contributed by atoms with Crippen LogP contribution in [-0.2, 0) is 28.5 Å². The van der Waals surface area contributed by atoms with Crippen LogP contribution < -0.4 is 9.47 Å². The summed E-state index contributed by atoms with van der Waals surface area (Å²) >= 11 is 0. The quantitative estimate of drug-likeness (QED) is 0.0608. The van der Waals surface area contributed by atoms with Crippen LogP contribution in [-0.4, -0.2) is 89.0 Å². The molecule has 0 radical (unpaired) electrons. The highest BCUT2D eigenvalue weighted by molar-refractivity contribution is 5.76. The molecule has 0 aliphatic carbocycles. The maximum absolute atomic E-state index is 12.7. The summed E-state index contributed by atoms with van der Waals surface area (Å²) in [5.41, 5.74) is -0.119. The minimum Gasteiger partial charge on any atom is -0.507 e. The predicted molar refractivity (Wildman–Crippen MR) is 221 cm³/mol. The van der Waals surface area contributed by atoms with E-state index in [1.165, 1.54) is 12.1 Å². The minimum absolute atomic E-state index is 0.00916. The van der Waals surface area contributed by atoms with Gasteiger partial charge >= 0.3 is 11.9 Å². The molecule has 1 aromatic heterocycles. The predicted octanol–water partition coefficient (Wildman–Crippen LogP) is 8.59. The Morgan fingerprint density at radius 1 is 0.586 bits per heavy atom. The van der Waals surface area contributed by atoms with Crippen LogP contribution in [0.25, 0.3) is 34.2 Å². The van der Waals surface area contributed by atoms with Gasteiger partial charge in [-0.25, -0.2) is 15.0 Å². The molecule has 0 saturated heterocycles. The zero-order valence-electron chi connectivity index (χ0n) is 35.1. The van der Waals surface area contributed by atoms with E-state index in [-0.39, 0.29) is 61.5 Å². The van der Waals surface area contributed by atoms with Gasteiger partial charge in [0.1, 0.15) is 36.2 Å². The lowest BCUT2D eigenvalue weighted by molar-refractivity contribution is -0.164. The van der Waals surface area contributed by atoms with E-state index in [2.05, 4.69) is 28.8 Å². The molecular formula is C45H59N3O10. The summed E-state index contributed by atoms with van der Waals surface area (Å²) in [6.07, 6.45) is 2.39. The number of ether oxygens (including phenoxy) is 6. The first-order valence-electron chi connectivity index (χ1n) is 19.9. The number of carbonyl (C=O) groups is 2. The number of aromatic hydroxyl groups is 2. The molecule has 2 atom stereocenters. The van der Waals surface area contributed by atoms with E-state index in [0.717, 1.165) is 25.7 Å². The molecule has 0 spiro atoms. The fourth-order valence-corrected chi connectivity index (χ4v) is 5.10. The Balaban J connectivity index is 1.57. The van der Waals surface area contributed by atoms with Crippen molar-refractivity contribution in [3.63, 3.8) is 0 Å². The van der Waals surface area contributed by atoms with Crippen molar-refractivity contribution in [3.05, 3.63) is 66.7 Å². The van der Waals surface area contributed by atoms with E-state index in [1.54, 1.807) is 65.8 Å². The molecule has 314 valence electrons. The maximum atomic E-state index is 12.7.